The van der Waals surface area contributed by atoms with E-state index in [4.69, 9.17) is 16.9 Å². The molecule has 5 nitrogen and oxygen atoms in total. The molecule has 0 fully saturated rings. The van der Waals surface area contributed by atoms with E-state index in [2.05, 4.69) is 4.98 Å². The van der Waals surface area contributed by atoms with E-state index in [1.807, 2.05) is 6.07 Å². The molecule has 0 radical (unpaired) electrons. The van der Waals surface area contributed by atoms with Gasteiger partial charge in [0.1, 0.15) is 21.7 Å². The lowest BCUT2D eigenvalue weighted by Crippen LogP contribution is -2.35. The van der Waals surface area contributed by atoms with Gasteiger partial charge in [0.2, 0.25) is 0 Å². The van der Waals surface area contributed by atoms with Crippen LogP contribution < -0.4 is 4.90 Å². The first-order valence-electron chi connectivity index (χ1n) is 5.22. The number of pyridine rings is 1. The zero-order valence-electron chi connectivity index (χ0n) is 10.4. The minimum Gasteiger partial charge on any atom is -0.356 e. The maximum Gasteiger partial charge on any atom is 0.161 e. The van der Waals surface area contributed by atoms with Crippen molar-refractivity contribution in [2.45, 2.75) is 13.0 Å². The molecule has 0 spiro atoms. The van der Waals surface area contributed by atoms with E-state index in [1.165, 1.54) is 6.26 Å². The highest BCUT2D eigenvalue weighted by Gasteiger charge is 2.17. The molecule has 0 amide bonds. The first kappa shape index (κ1) is 14.7. The summed E-state index contributed by atoms with van der Waals surface area (Å²) in [7, 11) is -1.33. The number of hydrogen-bond acceptors (Lipinski definition) is 5. The molecule has 18 heavy (non-hydrogen) atoms. The maximum absolute atomic E-state index is 11.2. The van der Waals surface area contributed by atoms with Crippen LogP contribution in [0.15, 0.2) is 12.1 Å². The number of halogens is 1. The zero-order chi connectivity index (χ0) is 13.9. The van der Waals surface area contributed by atoms with Gasteiger partial charge in [-0.3, -0.25) is 0 Å². The smallest absolute Gasteiger partial charge is 0.161 e. The first-order chi connectivity index (χ1) is 8.24. The maximum atomic E-state index is 11.2. The van der Waals surface area contributed by atoms with Gasteiger partial charge in [0.05, 0.1) is 10.8 Å². The lowest BCUT2D eigenvalue weighted by molar-refractivity contribution is 0.592. The molecule has 98 valence electrons. The van der Waals surface area contributed by atoms with Crippen molar-refractivity contribution in [3.05, 3.63) is 22.8 Å². The van der Waals surface area contributed by atoms with Gasteiger partial charge in [-0.1, -0.05) is 11.6 Å². The third-order valence-corrected chi connectivity index (χ3v) is 3.90. The van der Waals surface area contributed by atoms with Crippen molar-refractivity contribution in [3.63, 3.8) is 0 Å². The molecule has 7 heteroatoms. The molecule has 1 rings (SSSR count). The lowest BCUT2D eigenvalue weighted by atomic mass is 10.3. The van der Waals surface area contributed by atoms with Crippen LogP contribution in [0.1, 0.15) is 12.6 Å². The van der Waals surface area contributed by atoms with Crippen LogP contribution in [0.5, 0.6) is 0 Å². The van der Waals surface area contributed by atoms with Gasteiger partial charge in [0, 0.05) is 19.3 Å². The summed E-state index contributed by atoms with van der Waals surface area (Å²) in [5.74, 6) is 0.544. The molecule has 0 bridgehead atoms. The van der Waals surface area contributed by atoms with Gasteiger partial charge in [-0.05, 0) is 19.1 Å². The average molecular weight is 288 g/mol. The van der Waals surface area contributed by atoms with Gasteiger partial charge >= 0.3 is 0 Å². The molecule has 1 heterocycles. The van der Waals surface area contributed by atoms with Gasteiger partial charge in [0.25, 0.3) is 0 Å². The molecular weight excluding hydrogens is 274 g/mol. The number of aromatic nitrogens is 1. The number of sulfone groups is 1. The molecule has 0 saturated heterocycles. The fraction of sp³-hybridized carbons (Fsp3) is 0.455. The van der Waals surface area contributed by atoms with Crippen LogP contribution in [0.2, 0.25) is 5.02 Å². The zero-order valence-corrected chi connectivity index (χ0v) is 12.0. The van der Waals surface area contributed by atoms with E-state index in [0.29, 0.717) is 5.82 Å². The van der Waals surface area contributed by atoms with E-state index in [0.717, 1.165) is 0 Å². The Bertz CT molecular complexity index is 580. The minimum atomic E-state index is -3.06. The first-order valence-corrected chi connectivity index (χ1v) is 7.65. The van der Waals surface area contributed by atoms with Crippen LogP contribution >= 0.6 is 11.6 Å². The lowest BCUT2D eigenvalue weighted by Gasteiger charge is -2.25. The summed E-state index contributed by atoms with van der Waals surface area (Å²) in [5, 5.41) is 9.12. The summed E-state index contributed by atoms with van der Waals surface area (Å²) in [6.07, 6.45) is 1.19. The summed E-state index contributed by atoms with van der Waals surface area (Å²) in [5.41, 5.74) is 0.132. The number of nitriles is 1. The SMILES string of the molecule is CC(CS(C)(=O)=O)N(C)c1ccc(Cl)c(C#N)n1. The van der Waals surface area contributed by atoms with Gasteiger partial charge in [0.15, 0.2) is 5.69 Å². The van der Waals surface area contributed by atoms with Crippen molar-refractivity contribution in [1.29, 1.82) is 5.26 Å². The van der Waals surface area contributed by atoms with Crippen LogP contribution in [-0.2, 0) is 9.84 Å². The van der Waals surface area contributed by atoms with Crippen molar-refractivity contribution in [1.82, 2.24) is 4.98 Å². The van der Waals surface area contributed by atoms with Crippen LogP contribution in [0.3, 0.4) is 0 Å². The Morgan fingerprint density at radius 1 is 1.56 bits per heavy atom. The fourth-order valence-electron chi connectivity index (χ4n) is 1.48. The molecule has 0 saturated carbocycles. The molecule has 1 aromatic rings. The Morgan fingerprint density at radius 2 is 2.17 bits per heavy atom. The Labute approximate surface area is 112 Å². The van der Waals surface area contributed by atoms with E-state index in [1.54, 1.807) is 31.0 Å². The third-order valence-electron chi connectivity index (χ3n) is 2.50. The summed E-state index contributed by atoms with van der Waals surface area (Å²) < 4.78 is 22.5. The van der Waals surface area contributed by atoms with Gasteiger partial charge < -0.3 is 4.90 Å². The molecule has 1 unspecified atom stereocenters. The number of nitrogens with zero attached hydrogens (tertiary/aromatic N) is 3. The number of rotatable bonds is 4. The summed E-state index contributed by atoms with van der Waals surface area (Å²) in [6, 6.07) is 4.88. The van der Waals surface area contributed by atoms with Crippen molar-refractivity contribution < 1.29 is 8.42 Å². The Hall–Kier alpha value is -1.32. The quantitative estimate of drug-likeness (QED) is 0.838. The number of anilines is 1. The normalized spacial score (nSPS) is 12.8. The molecular formula is C11H14ClN3O2S. The highest BCUT2D eigenvalue weighted by Crippen LogP contribution is 2.19. The highest BCUT2D eigenvalue weighted by molar-refractivity contribution is 7.90. The molecule has 0 N–H and O–H groups in total. The Balaban J connectivity index is 2.97. The molecule has 0 aliphatic heterocycles. The topological polar surface area (TPSA) is 74.1 Å². The molecule has 0 aliphatic rings. The Morgan fingerprint density at radius 3 is 2.67 bits per heavy atom. The Kier molecular flexibility index (Phi) is 4.54. The molecule has 0 aliphatic carbocycles. The fourth-order valence-corrected chi connectivity index (χ4v) is 2.73. The van der Waals surface area contributed by atoms with E-state index >= 15 is 0 Å². The van der Waals surface area contributed by atoms with Gasteiger partial charge in [-0.2, -0.15) is 5.26 Å². The predicted octanol–water partition coefficient (Wildman–Crippen LogP) is 1.48. The average Bonchev–Trinajstić information content (AvgIpc) is 2.26. The van der Waals surface area contributed by atoms with E-state index < -0.39 is 9.84 Å². The van der Waals surface area contributed by atoms with E-state index in [9.17, 15) is 8.42 Å². The van der Waals surface area contributed by atoms with Crippen molar-refractivity contribution in [2.75, 3.05) is 24.0 Å². The summed E-state index contributed by atoms with van der Waals surface area (Å²) >= 11 is 5.79. The standard InChI is InChI=1S/C11H14ClN3O2S/c1-8(7-18(3,16)17)15(2)11-5-4-9(12)10(6-13)14-11/h4-5,8H,7H2,1-3H3. The van der Waals surface area contributed by atoms with Crippen LogP contribution in [0.25, 0.3) is 0 Å². The van der Waals surface area contributed by atoms with Gasteiger partial charge in [-0.25, -0.2) is 13.4 Å². The monoisotopic (exact) mass is 287 g/mol. The second-order valence-corrected chi connectivity index (χ2v) is 6.76. The van der Waals surface area contributed by atoms with Crippen LogP contribution in [-0.4, -0.2) is 38.5 Å². The molecule has 1 atom stereocenters. The van der Waals surface area contributed by atoms with Crippen molar-refractivity contribution >= 4 is 27.3 Å². The second-order valence-electron chi connectivity index (χ2n) is 4.16. The third kappa shape index (κ3) is 3.86. The van der Waals surface area contributed by atoms with Crippen molar-refractivity contribution in [3.8, 4) is 6.07 Å². The van der Waals surface area contributed by atoms with Crippen LogP contribution in [0.4, 0.5) is 5.82 Å². The predicted molar refractivity (Wildman–Crippen MR) is 71.5 cm³/mol. The molecule has 1 aromatic heterocycles. The number of hydrogen-bond donors (Lipinski definition) is 0. The largest absolute Gasteiger partial charge is 0.356 e. The minimum absolute atomic E-state index is 0.0235. The summed E-state index contributed by atoms with van der Waals surface area (Å²) in [6.45, 7) is 1.78. The highest BCUT2D eigenvalue weighted by atomic mass is 35.5. The van der Waals surface area contributed by atoms with Gasteiger partial charge in [-0.15, -0.1) is 0 Å². The second kappa shape index (κ2) is 5.55. The van der Waals surface area contributed by atoms with Crippen LogP contribution in [0, 0.1) is 11.3 Å². The van der Waals surface area contributed by atoms with Crippen molar-refractivity contribution in [2.24, 2.45) is 0 Å². The summed E-state index contributed by atoms with van der Waals surface area (Å²) in [4.78, 5) is 5.79. The van der Waals surface area contributed by atoms with E-state index in [-0.39, 0.29) is 22.5 Å². The molecule has 0 aromatic carbocycles.